The number of hydrogen-bond donors (Lipinski definition) is 0. The molecule has 0 aliphatic rings. The van der Waals surface area contributed by atoms with Gasteiger partial charge in [0.25, 0.3) is 0 Å². The topological polar surface area (TPSA) is 20.3 Å². The summed E-state index contributed by atoms with van der Waals surface area (Å²) in [5.41, 5.74) is 1.10. The molecule has 0 fully saturated rings. The molecule has 0 bridgehead atoms. The van der Waals surface area contributed by atoms with E-state index in [2.05, 4.69) is 0 Å². The molecule has 0 aromatic heterocycles. The van der Waals surface area contributed by atoms with Crippen LogP contribution in [0.2, 0.25) is 0 Å². The van der Waals surface area contributed by atoms with Gasteiger partial charge in [-0.1, -0.05) is 12.1 Å². The summed E-state index contributed by atoms with van der Waals surface area (Å²) in [5.74, 6) is -1.96. The Balaban J connectivity index is 2.15. The number of amides is 1. The molecule has 0 aliphatic carbocycles. The number of rotatable bonds is 4. The second-order valence-corrected chi connectivity index (χ2v) is 4.78. The molecule has 0 spiro atoms. The fourth-order valence-electron chi connectivity index (χ4n) is 2.01. The van der Waals surface area contributed by atoms with Crippen molar-refractivity contribution in [2.75, 3.05) is 0 Å². The lowest BCUT2D eigenvalue weighted by atomic mass is 10.1. The smallest absolute Gasteiger partial charge is 0.220 e. The van der Waals surface area contributed by atoms with Gasteiger partial charge in [0.2, 0.25) is 5.91 Å². The zero-order valence-electron chi connectivity index (χ0n) is 11.4. The van der Waals surface area contributed by atoms with Gasteiger partial charge in [0.05, 0.1) is 0 Å². The van der Waals surface area contributed by atoms with Crippen LogP contribution in [0.3, 0.4) is 0 Å². The van der Waals surface area contributed by atoms with Gasteiger partial charge in [-0.15, -0.1) is 0 Å². The molecule has 5 heteroatoms. The first-order valence-corrected chi connectivity index (χ1v) is 6.39. The molecule has 0 saturated carbocycles. The zero-order valence-corrected chi connectivity index (χ0v) is 11.4. The normalized spacial score (nSPS) is 10.5. The van der Waals surface area contributed by atoms with Crippen molar-refractivity contribution in [2.24, 2.45) is 0 Å². The van der Waals surface area contributed by atoms with Gasteiger partial charge in [0.1, 0.15) is 17.5 Å². The van der Waals surface area contributed by atoms with E-state index in [1.165, 1.54) is 36.1 Å². The number of hydrogen-bond acceptors (Lipinski definition) is 1. The predicted molar refractivity (Wildman–Crippen MR) is 72.7 cm³/mol. The van der Waals surface area contributed by atoms with Crippen molar-refractivity contribution in [3.63, 3.8) is 0 Å². The molecule has 0 atom stereocenters. The molecule has 0 aliphatic heterocycles. The van der Waals surface area contributed by atoms with Gasteiger partial charge in [-0.25, -0.2) is 13.2 Å². The Bertz CT molecular complexity index is 620. The highest BCUT2D eigenvalue weighted by Crippen LogP contribution is 2.14. The van der Waals surface area contributed by atoms with Gasteiger partial charge in [0.15, 0.2) is 0 Å². The van der Waals surface area contributed by atoms with Gasteiger partial charge in [0, 0.05) is 26.1 Å². The summed E-state index contributed by atoms with van der Waals surface area (Å²) in [6.07, 6.45) is 0. The summed E-state index contributed by atoms with van der Waals surface area (Å²) in [6, 6.07) is 8.88. The fourth-order valence-corrected chi connectivity index (χ4v) is 2.01. The molecule has 1 amide bonds. The van der Waals surface area contributed by atoms with Crippen LogP contribution in [0.15, 0.2) is 42.5 Å². The van der Waals surface area contributed by atoms with Crippen molar-refractivity contribution in [1.29, 1.82) is 0 Å². The highest BCUT2D eigenvalue weighted by molar-refractivity contribution is 5.73. The second kappa shape index (κ2) is 6.43. The predicted octanol–water partition coefficient (Wildman–Crippen LogP) is 3.65. The van der Waals surface area contributed by atoms with E-state index in [4.69, 9.17) is 0 Å². The number of halogens is 3. The van der Waals surface area contributed by atoms with Crippen molar-refractivity contribution in [3.05, 3.63) is 71.0 Å². The van der Waals surface area contributed by atoms with E-state index in [-0.39, 0.29) is 24.8 Å². The van der Waals surface area contributed by atoms with Crippen LogP contribution in [0, 0.1) is 17.5 Å². The van der Waals surface area contributed by atoms with Gasteiger partial charge < -0.3 is 4.90 Å². The molecule has 0 saturated heterocycles. The van der Waals surface area contributed by atoms with Crippen LogP contribution >= 0.6 is 0 Å². The Hall–Kier alpha value is -2.30. The van der Waals surface area contributed by atoms with Crippen molar-refractivity contribution in [3.8, 4) is 0 Å². The summed E-state index contributed by atoms with van der Waals surface area (Å²) < 4.78 is 39.2. The second-order valence-electron chi connectivity index (χ2n) is 4.78. The van der Waals surface area contributed by atoms with Gasteiger partial charge in [-0.3, -0.25) is 4.79 Å². The first-order valence-electron chi connectivity index (χ1n) is 6.39. The van der Waals surface area contributed by atoms with E-state index < -0.39 is 11.6 Å². The maximum Gasteiger partial charge on any atom is 0.220 e. The van der Waals surface area contributed by atoms with Crippen molar-refractivity contribution < 1.29 is 18.0 Å². The summed E-state index contributed by atoms with van der Waals surface area (Å²) in [4.78, 5) is 13.1. The van der Waals surface area contributed by atoms with E-state index in [0.717, 1.165) is 11.6 Å². The molecule has 0 heterocycles. The minimum Gasteiger partial charge on any atom is -0.334 e. The maximum absolute atomic E-state index is 13.2. The van der Waals surface area contributed by atoms with E-state index in [1.807, 2.05) is 0 Å². The van der Waals surface area contributed by atoms with Crippen LogP contribution in [0.5, 0.6) is 0 Å². The molecule has 2 aromatic carbocycles. The van der Waals surface area contributed by atoms with Gasteiger partial charge in [-0.2, -0.15) is 0 Å². The van der Waals surface area contributed by atoms with E-state index >= 15 is 0 Å². The fraction of sp³-hybridized carbons (Fsp3) is 0.188. The monoisotopic (exact) mass is 293 g/mol. The lowest BCUT2D eigenvalue weighted by Gasteiger charge is -2.21. The van der Waals surface area contributed by atoms with Gasteiger partial charge >= 0.3 is 0 Å². The van der Waals surface area contributed by atoms with Crippen molar-refractivity contribution in [2.45, 2.75) is 20.0 Å². The Kier molecular flexibility index (Phi) is 4.62. The standard InChI is InChI=1S/C16H14F3NO/c1-11(21)20(9-12-2-4-14(17)5-3-12)10-13-6-15(18)8-16(19)7-13/h2-8H,9-10H2,1H3. The van der Waals surface area contributed by atoms with E-state index in [0.29, 0.717) is 5.56 Å². The minimum absolute atomic E-state index is 0.0847. The lowest BCUT2D eigenvalue weighted by Crippen LogP contribution is -2.27. The molecule has 21 heavy (non-hydrogen) atoms. The largest absolute Gasteiger partial charge is 0.334 e. The van der Waals surface area contributed by atoms with Crippen LogP contribution in [0.4, 0.5) is 13.2 Å². The van der Waals surface area contributed by atoms with Crippen molar-refractivity contribution in [1.82, 2.24) is 4.90 Å². The Morgan fingerprint density at radius 1 is 0.857 bits per heavy atom. The van der Waals surface area contributed by atoms with Crippen LogP contribution in [0.25, 0.3) is 0 Å². The molecule has 0 N–H and O–H groups in total. The maximum atomic E-state index is 13.2. The molecule has 2 rings (SSSR count). The summed E-state index contributed by atoms with van der Waals surface area (Å²) in [6.45, 7) is 1.70. The van der Waals surface area contributed by atoms with Crippen LogP contribution in [0.1, 0.15) is 18.1 Å². The Labute approximate surface area is 120 Å². The average molecular weight is 293 g/mol. The highest BCUT2D eigenvalue weighted by atomic mass is 19.1. The number of nitrogens with zero attached hydrogens (tertiary/aromatic N) is 1. The number of benzene rings is 2. The molecular weight excluding hydrogens is 279 g/mol. The number of carbonyl (C=O) groups excluding carboxylic acids is 1. The Morgan fingerprint density at radius 2 is 1.38 bits per heavy atom. The third kappa shape index (κ3) is 4.34. The summed E-state index contributed by atoms with van der Waals surface area (Å²) in [5, 5.41) is 0. The minimum atomic E-state index is -0.685. The Morgan fingerprint density at radius 3 is 1.90 bits per heavy atom. The quantitative estimate of drug-likeness (QED) is 0.842. The third-order valence-electron chi connectivity index (χ3n) is 3.03. The molecular formula is C16H14F3NO. The highest BCUT2D eigenvalue weighted by Gasteiger charge is 2.12. The lowest BCUT2D eigenvalue weighted by molar-refractivity contribution is -0.130. The molecule has 110 valence electrons. The summed E-state index contributed by atoms with van der Waals surface area (Å²) in [7, 11) is 0. The third-order valence-corrected chi connectivity index (χ3v) is 3.03. The van der Waals surface area contributed by atoms with Gasteiger partial charge in [-0.05, 0) is 35.4 Å². The van der Waals surface area contributed by atoms with Crippen molar-refractivity contribution >= 4 is 5.91 Å². The van der Waals surface area contributed by atoms with E-state index in [1.54, 1.807) is 12.1 Å². The van der Waals surface area contributed by atoms with E-state index in [9.17, 15) is 18.0 Å². The molecule has 2 nitrogen and oxygen atoms in total. The first kappa shape index (κ1) is 15.1. The van der Waals surface area contributed by atoms with Crippen LogP contribution in [-0.4, -0.2) is 10.8 Å². The SMILES string of the molecule is CC(=O)N(Cc1ccc(F)cc1)Cc1cc(F)cc(F)c1. The molecule has 2 aromatic rings. The first-order chi connectivity index (χ1) is 9.94. The summed E-state index contributed by atoms with van der Waals surface area (Å²) >= 11 is 0. The van der Waals surface area contributed by atoms with Crippen LogP contribution in [-0.2, 0) is 17.9 Å². The molecule has 0 radical (unpaired) electrons. The average Bonchev–Trinajstić information content (AvgIpc) is 2.39. The zero-order chi connectivity index (χ0) is 15.4. The molecule has 0 unspecified atom stereocenters. The number of carbonyl (C=O) groups is 1. The van der Waals surface area contributed by atoms with Crippen LogP contribution < -0.4 is 0 Å².